The molecule has 2 amide bonds. The summed E-state index contributed by atoms with van der Waals surface area (Å²) in [5, 5.41) is 7.32. The minimum Gasteiger partial charge on any atom is -0.325 e. The van der Waals surface area contributed by atoms with Crippen molar-refractivity contribution in [1.29, 1.82) is 0 Å². The average Bonchev–Trinajstić information content (AvgIpc) is 2.56. The smallest absolute Gasteiger partial charge is 0.271 e. The molecule has 2 rings (SSSR count). The number of carbonyl (C=O) groups is 2. The third kappa shape index (κ3) is 5.72. The number of carbonyl (C=O) groups excluding carboxylic acids is 2. The van der Waals surface area contributed by atoms with Gasteiger partial charge in [0, 0.05) is 22.0 Å². The van der Waals surface area contributed by atoms with Gasteiger partial charge in [0.05, 0.1) is 6.42 Å². The number of aryl methyl sites for hydroxylation is 2. The Morgan fingerprint density at radius 1 is 1.08 bits per heavy atom. The topological polar surface area (TPSA) is 70.6 Å². The fraction of sp³-hybridized carbons (Fsp3) is 0.211. The van der Waals surface area contributed by atoms with Crippen molar-refractivity contribution in [3.8, 4) is 0 Å². The maximum atomic E-state index is 12.1. The van der Waals surface area contributed by atoms with Crippen LogP contribution in [0.25, 0.3) is 0 Å². The van der Waals surface area contributed by atoms with Crippen molar-refractivity contribution >= 4 is 34.8 Å². The SMILES string of the molecule is C/C(CC(=O)Nc1cc(Cl)ccc1C)=N/NC(=O)c1ccc(C)cc1. The van der Waals surface area contributed by atoms with Gasteiger partial charge in [0.2, 0.25) is 5.91 Å². The van der Waals surface area contributed by atoms with Crippen molar-refractivity contribution in [2.24, 2.45) is 5.10 Å². The number of amides is 2. The van der Waals surface area contributed by atoms with Gasteiger partial charge in [-0.2, -0.15) is 5.10 Å². The second-order valence-corrected chi connectivity index (χ2v) is 6.27. The fourth-order valence-electron chi connectivity index (χ4n) is 2.11. The van der Waals surface area contributed by atoms with Crippen LogP contribution in [0.3, 0.4) is 0 Å². The van der Waals surface area contributed by atoms with Crippen LogP contribution < -0.4 is 10.7 Å². The van der Waals surface area contributed by atoms with Crippen LogP contribution in [0.5, 0.6) is 0 Å². The van der Waals surface area contributed by atoms with E-state index < -0.39 is 0 Å². The van der Waals surface area contributed by atoms with Crippen molar-refractivity contribution in [1.82, 2.24) is 5.43 Å². The molecule has 2 N–H and O–H groups in total. The largest absolute Gasteiger partial charge is 0.325 e. The Morgan fingerprint density at radius 2 is 1.76 bits per heavy atom. The highest BCUT2D eigenvalue weighted by atomic mass is 35.5. The molecule has 2 aromatic rings. The lowest BCUT2D eigenvalue weighted by atomic mass is 10.1. The highest BCUT2D eigenvalue weighted by Crippen LogP contribution is 2.20. The van der Waals surface area contributed by atoms with Gasteiger partial charge in [-0.15, -0.1) is 0 Å². The third-order valence-electron chi connectivity index (χ3n) is 3.55. The number of hydrogen-bond acceptors (Lipinski definition) is 3. The monoisotopic (exact) mass is 357 g/mol. The minimum absolute atomic E-state index is 0.0696. The molecule has 6 heteroatoms. The summed E-state index contributed by atoms with van der Waals surface area (Å²) in [5.41, 5.74) is 6.12. The number of nitrogens with zero attached hydrogens (tertiary/aromatic N) is 1. The molecule has 0 saturated heterocycles. The molecule has 0 saturated carbocycles. The summed E-state index contributed by atoms with van der Waals surface area (Å²) in [6.07, 6.45) is 0.0696. The highest BCUT2D eigenvalue weighted by molar-refractivity contribution is 6.31. The predicted octanol–water partition coefficient (Wildman–Crippen LogP) is 4.09. The Balaban J connectivity index is 1.91. The Morgan fingerprint density at radius 3 is 2.44 bits per heavy atom. The summed E-state index contributed by atoms with van der Waals surface area (Å²) in [5.74, 6) is -0.540. The van der Waals surface area contributed by atoms with Crippen LogP contribution in [0.1, 0.15) is 34.8 Å². The standard InChI is InChI=1S/C19H20ClN3O2/c1-12-4-7-15(8-5-12)19(25)23-22-14(3)10-18(24)21-17-11-16(20)9-6-13(17)2/h4-9,11H,10H2,1-3H3,(H,21,24)(H,23,25)/b22-14-. The normalized spacial score (nSPS) is 11.1. The van der Waals surface area contributed by atoms with Gasteiger partial charge in [-0.25, -0.2) is 5.43 Å². The first kappa shape index (κ1) is 18.7. The first-order valence-corrected chi connectivity index (χ1v) is 8.19. The van der Waals surface area contributed by atoms with E-state index in [2.05, 4.69) is 15.8 Å². The van der Waals surface area contributed by atoms with E-state index >= 15 is 0 Å². The fourth-order valence-corrected chi connectivity index (χ4v) is 2.28. The molecule has 0 aromatic heterocycles. The van der Waals surface area contributed by atoms with Crippen LogP contribution in [-0.2, 0) is 4.79 Å². The van der Waals surface area contributed by atoms with Gasteiger partial charge in [-0.3, -0.25) is 9.59 Å². The molecule has 0 radical (unpaired) electrons. The molecule has 0 atom stereocenters. The molecule has 0 aliphatic carbocycles. The lowest BCUT2D eigenvalue weighted by Gasteiger charge is -2.09. The maximum absolute atomic E-state index is 12.1. The van der Waals surface area contributed by atoms with Gasteiger partial charge >= 0.3 is 0 Å². The van der Waals surface area contributed by atoms with Gasteiger partial charge in [0.25, 0.3) is 5.91 Å². The third-order valence-corrected chi connectivity index (χ3v) is 3.79. The van der Waals surface area contributed by atoms with Crippen molar-refractivity contribution < 1.29 is 9.59 Å². The maximum Gasteiger partial charge on any atom is 0.271 e. The summed E-state index contributed by atoms with van der Waals surface area (Å²) in [6, 6.07) is 12.5. The molecule has 5 nitrogen and oxygen atoms in total. The second kappa shape index (κ2) is 8.44. The van der Waals surface area contributed by atoms with E-state index in [0.717, 1.165) is 11.1 Å². The van der Waals surface area contributed by atoms with Crippen molar-refractivity contribution in [3.05, 3.63) is 64.2 Å². The number of hydrazone groups is 1. The average molecular weight is 358 g/mol. The van der Waals surface area contributed by atoms with Crippen molar-refractivity contribution in [3.63, 3.8) is 0 Å². The first-order chi connectivity index (χ1) is 11.8. The van der Waals surface area contributed by atoms with E-state index in [0.29, 0.717) is 22.0 Å². The van der Waals surface area contributed by atoms with E-state index in [9.17, 15) is 9.59 Å². The van der Waals surface area contributed by atoms with E-state index in [4.69, 9.17) is 11.6 Å². The van der Waals surface area contributed by atoms with Gasteiger partial charge in [0.1, 0.15) is 0 Å². The minimum atomic E-state index is -0.314. The summed E-state index contributed by atoms with van der Waals surface area (Å²) in [6.45, 7) is 5.51. The van der Waals surface area contributed by atoms with Gasteiger partial charge in [-0.1, -0.05) is 35.4 Å². The lowest BCUT2D eigenvalue weighted by molar-refractivity contribution is -0.115. The molecule has 0 bridgehead atoms. The zero-order valence-corrected chi connectivity index (χ0v) is 15.1. The van der Waals surface area contributed by atoms with Crippen molar-refractivity contribution in [2.75, 3.05) is 5.32 Å². The van der Waals surface area contributed by atoms with Crippen LogP contribution in [0.2, 0.25) is 5.02 Å². The van der Waals surface area contributed by atoms with Crippen LogP contribution >= 0.6 is 11.6 Å². The molecule has 0 aliphatic rings. The Labute approximate surface area is 152 Å². The first-order valence-electron chi connectivity index (χ1n) is 7.81. The molecule has 0 spiro atoms. The van der Waals surface area contributed by atoms with Gasteiger partial charge in [-0.05, 0) is 50.6 Å². The van der Waals surface area contributed by atoms with Gasteiger partial charge < -0.3 is 5.32 Å². The molecule has 0 unspecified atom stereocenters. The van der Waals surface area contributed by atoms with E-state index in [1.54, 1.807) is 31.2 Å². The van der Waals surface area contributed by atoms with Gasteiger partial charge in [0.15, 0.2) is 0 Å². The number of benzene rings is 2. The van der Waals surface area contributed by atoms with E-state index in [-0.39, 0.29) is 18.2 Å². The molecular formula is C19H20ClN3O2. The molecule has 0 aliphatic heterocycles. The molecule has 0 heterocycles. The molecule has 2 aromatic carbocycles. The number of nitrogens with one attached hydrogen (secondary N) is 2. The summed E-state index contributed by atoms with van der Waals surface area (Å²) >= 11 is 5.94. The quantitative estimate of drug-likeness (QED) is 0.625. The predicted molar refractivity (Wildman–Crippen MR) is 101 cm³/mol. The Bertz CT molecular complexity index is 814. The van der Waals surface area contributed by atoms with Crippen LogP contribution in [0, 0.1) is 13.8 Å². The summed E-state index contributed by atoms with van der Waals surface area (Å²) in [4.78, 5) is 24.1. The molecule has 0 fully saturated rings. The summed E-state index contributed by atoms with van der Waals surface area (Å²) < 4.78 is 0. The molecule has 25 heavy (non-hydrogen) atoms. The Kier molecular flexibility index (Phi) is 6.31. The zero-order valence-electron chi connectivity index (χ0n) is 14.4. The van der Waals surface area contributed by atoms with E-state index in [1.807, 2.05) is 32.0 Å². The number of hydrogen-bond donors (Lipinski definition) is 2. The van der Waals surface area contributed by atoms with E-state index in [1.165, 1.54) is 0 Å². The second-order valence-electron chi connectivity index (χ2n) is 5.84. The lowest BCUT2D eigenvalue weighted by Crippen LogP contribution is -2.21. The van der Waals surface area contributed by atoms with Crippen molar-refractivity contribution in [2.45, 2.75) is 27.2 Å². The Hall–Kier alpha value is -2.66. The molecule has 130 valence electrons. The zero-order chi connectivity index (χ0) is 18.4. The number of rotatable bonds is 5. The van der Waals surface area contributed by atoms with Crippen LogP contribution in [0.4, 0.5) is 5.69 Å². The number of halogens is 1. The number of anilines is 1. The highest BCUT2D eigenvalue weighted by Gasteiger charge is 2.08. The summed E-state index contributed by atoms with van der Waals surface area (Å²) in [7, 11) is 0. The van der Waals surface area contributed by atoms with Crippen LogP contribution in [-0.4, -0.2) is 17.5 Å². The van der Waals surface area contributed by atoms with Crippen LogP contribution in [0.15, 0.2) is 47.6 Å². The molecular weight excluding hydrogens is 338 g/mol.